The molecule has 1 unspecified atom stereocenters. The molecule has 1 aromatic carbocycles. The molecule has 1 aliphatic heterocycles. The van der Waals surface area contributed by atoms with Crippen LogP contribution in [0.15, 0.2) is 23.1 Å². The predicted octanol–water partition coefficient (Wildman–Crippen LogP) is 2.19. The Balaban J connectivity index is 1.72. The summed E-state index contributed by atoms with van der Waals surface area (Å²) >= 11 is 0. The largest absolute Gasteiger partial charge is 0.497 e. The van der Waals surface area contributed by atoms with Crippen molar-refractivity contribution >= 4 is 10.0 Å². The van der Waals surface area contributed by atoms with Crippen LogP contribution in [0.25, 0.3) is 0 Å². The second-order valence-corrected chi connectivity index (χ2v) is 8.09. The van der Waals surface area contributed by atoms with Gasteiger partial charge >= 0.3 is 0 Å². The molecule has 0 radical (unpaired) electrons. The summed E-state index contributed by atoms with van der Waals surface area (Å²) in [4.78, 5) is 0.328. The summed E-state index contributed by atoms with van der Waals surface area (Å²) in [5, 5.41) is 0. The molecule has 1 saturated heterocycles. The first-order chi connectivity index (χ1) is 10.5. The Hall–Kier alpha value is -1.11. The molecular weight excluding hydrogens is 302 g/mol. The number of hydrogen-bond donors (Lipinski definition) is 0. The van der Waals surface area contributed by atoms with Crippen molar-refractivity contribution in [2.24, 2.45) is 5.92 Å². The van der Waals surface area contributed by atoms with Crippen molar-refractivity contribution in [1.82, 2.24) is 4.31 Å². The molecule has 0 spiro atoms. The van der Waals surface area contributed by atoms with E-state index in [4.69, 9.17) is 9.47 Å². The summed E-state index contributed by atoms with van der Waals surface area (Å²) in [5.74, 6) is 1.26. The smallest absolute Gasteiger partial charge is 0.243 e. The first-order valence-corrected chi connectivity index (χ1v) is 9.21. The highest BCUT2D eigenvalue weighted by Gasteiger charge is 2.35. The molecule has 1 saturated carbocycles. The Morgan fingerprint density at radius 3 is 2.73 bits per heavy atom. The van der Waals surface area contributed by atoms with Crippen LogP contribution >= 0.6 is 0 Å². The van der Waals surface area contributed by atoms with E-state index in [-0.39, 0.29) is 6.10 Å². The van der Waals surface area contributed by atoms with Crippen LogP contribution in [0.5, 0.6) is 5.75 Å². The highest BCUT2D eigenvalue weighted by Crippen LogP contribution is 2.31. The van der Waals surface area contributed by atoms with Gasteiger partial charge in [-0.2, -0.15) is 4.31 Å². The van der Waals surface area contributed by atoms with Gasteiger partial charge in [0.2, 0.25) is 10.0 Å². The number of methoxy groups -OCH3 is 1. The minimum Gasteiger partial charge on any atom is -0.497 e. The molecule has 122 valence electrons. The fourth-order valence-electron chi connectivity index (χ4n) is 2.73. The molecule has 0 aromatic heterocycles. The van der Waals surface area contributed by atoms with Gasteiger partial charge in [0.1, 0.15) is 5.75 Å². The molecule has 1 heterocycles. The lowest BCUT2D eigenvalue weighted by molar-refractivity contribution is 0.0561. The maximum absolute atomic E-state index is 12.8. The predicted molar refractivity (Wildman–Crippen MR) is 83.6 cm³/mol. The fraction of sp³-hybridized carbons (Fsp3) is 0.625. The molecule has 1 aromatic rings. The lowest BCUT2D eigenvalue weighted by atomic mass is 10.2. The molecule has 3 rings (SSSR count). The van der Waals surface area contributed by atoms with Crippen LogP contribution in [0.1, 0.15) is 24.8 Å². The van der Waals surface area contributed by atoms with Crippen LogP contribution in [0, 0.1) is 12.8 Å². The van der Waals surface area contributed by atoms with Crippen LogP contribution in [0.2, 0.25) is 0 Å². The van der Waals surface area contributed by atoms with E-state index in [1.807, 2.05) is 6.92 Å². The first-order valence-electron chi connectivity index (χ1n) is 7.77. The fourth-order valence-corrected chi connectivity index (χ4v) is 4.46. The van der Waals surface area contributed by atoms with Crippen LogP contribution in [0.3, 0.4) is 0 Å². The van der Waals surface area contributed by atoms with E-state index in [9.17, 15) is 8.42 Å². The van der Waals surface area contributed by atoms with E-state index in [1.165, 1.54) is 17.1 Å². The third-order valence-corrected chi connectivity index (χ3v) is 6.39. The van der Waals surface area contributed by atoms with E-state index < -0.39 is 10.0 Å². The standard InChI is InChI=1S/C16H23NO4S/c1-12-3-6-14(20-2)9-16(12)22(18,19)17-8-7-15(10-17)21-11-13-4-5-13/h3,6,9,13,15H,4-5,7-8,10-11H2,1-2H3. The number of hydrogen-bond acceptors (Lipinski definition) is 4. The van der Waals surface area contributed by atoms with E-state index >= 15 is 0 Å². The highest BCUT2D eigenvalue weighted by atomic mass is 32.2. The maximum atomic E-state index is 12.8. The topological polar surface area (TPSA) is 55.8 Å². The van der Waals surface area contributed by atoms with Crippen molar-refractivity contribution < 1.29 is 17.9 Å². The van der Waals surface area contributed by atoms with Gasteiger partial charge in [0.25, 0.3) is 0 Å². The molecule has 6 heteroatoms. The zero-order chi connectivity index (χ0) is 15.7. The molecule has 1 atom stereocenters. The van der Waals surface area contributed by atoms with E-state index in [0.717, 1.165) is 18.6 Å². The minimum absolute atomic E-state index is 0.0290. The van der Waals surface area contributed by atoms with Crippen LogP contribution in [-0.2, 0) is 14.8 Å². The van der Waals surface area contributed by atoms with Crippen LogP contribution in [-0.4, -0.2) is 45.6 Å². The molecule has 2 fully saturated rings. The number of benzene rings is 1. The Morgan fingerprint density at radius 2 is 2.05 bits per heavy atom. The summed E-state index contributed by atoms with van der Waals surface area (Å²) in [6, 6.07) is 5.16. The van der Waals surface area contributed by atoms with Crippen molar-refractivity contribution in [1.29, 1.82) is 0 Å². The second kappa shape index (κ2) is 6.18. The third kappa shape index (κ3) is 3.29. The SMILES string of the molecule is COc1ccc(C)c(S(=O)(=O)N2CCC(OCC3CC3)C2)c1. The zero-order valence-electron chi connectivity index (χ0n) is 13.1. The minimum atomic E-state index is -3.48. The van der Waals surface area contributed by atoms with Crippen LogP contribution in [0.4, 0.5) is 0 Å². The second-order valence-electron chi connectivity index (χ2n) is 6.18. The summed E-state index contributed by atoms with van der Waals surface area (Å²) in [6.07, 6.45) is 3.30. The number of nitrogens with zero attached hydrogens (tertiary/aromatic N) is 1. The van der Waals surface area contributed by atoms with Gasteiger partial charge in [-0.05, 0) is 43.7 Å². The molecule has 0 amide bonds. The van der Waals surface area contributed by atoms with Crippen molar-refractivity contribution in [3.05, 3.63) is 23.8 Å². The van der Waals surface area contributed by atoms with E-state index in [2.05, 4.69) is 0 Å². The Bertz CT molecular complexity index is 640. The van der Waals surface area contributed by atoms with Gasteiger partial charge in [-0.25, -0.2) is 8.42 Å². The molecule has 0 N–H and O–H groups in total. The Morgan fingerprint density at radius 1 is 1.27 bits per heavy atom. The van der Waals surface area contributed by atoms with Crippen molar-refractivity contribution in [3.63, 3.8) is 0 Å². The van der Waals surface area contributed by atoms with Crippen LogP contribution < -0.4 is 4.74 Å². The van der Waals surface area contributed by atoms with Gasteiger partial charge in [-0.3, -0.25) is 0 Å². The van der Waals surface area contributed by atoms with Gasteiger partial charge in [-0.15, -0.1) is 0 Å². The number of sulfonamides is 1. The van der Waals surface area contributed by atoms with Crippen molar-refractivity contribution in [2.45, 2.75) is 37.2 Å². The summed E-state index contributed by atoms with van der Waals surface area (Å²) < 4.78 is 38.2. The number of ether oxygens (including phenoxy) is 2. The molecule has 5 nitrogen and oxygen atoms in total. The maximum Gasteiger partial charge on any atom is 0.243 e. The number of aryl methyl sites for hydroxylation is 1. The normalized spacial score (nSPS) is 22.9. The van der Waals surface area contributed by atoms with Crippen molar-refractivity contribution in [3.8, 4) is 5.75 Å². The van der Waals surface area contributed by atoms with E-state index in [0.29, 0.717) is 29.7 Å². The average Bonchev–Trinajstić information content (AvgIpc) is 3.21. The molecule has 1 aliphatic carbocycles. The monoisotopic (exact) mass is 325 g/mol. The summed E-state index contributed by atoms with van der Waals surface area (Å²) in [6.45, 7) is 3.56. The summed E-state index contributed by atoms with van der Waals surface area (Å²) in [7, 11) is -1.94. The van der Waals surface area contributed by atoms with E-state index in [1.54, 1.807) is 25.3 Å². The molecular formula is C16H23NO4S. The van der Waals surface area contributed by atoms with Gasteiger partial charge in [-0.1, -0.05) is 6.07 Å². The van der Waals surface area contributed by atoms with Gasteiger partial charge in [0, 0.05) is 25.8 Å². The molecule has 2 aliphatic rings. The first kappa shape index (κ1) is 15.8. The molecule has 0 bridgehead atoms. The summed E-state index contributed by atoms with van der Waals surface area (Å²) in [5.41, 5.74) is 0.739. The van der Waals surface area contributed by atoms with Crippen molar-refractivity contribution in [2.75, 3.05) is 26.8 Å². The quantitative estimate of drug-likeness (QED) is 0.804. The van der Waals surface area contributed by atoms with Gasteiger partial charge in [0.05, 0.1) is 18.1 Å². The zero-order valence-corrected chi connectivity index (χ0v) is 13.9. The Kier molecular flexibility index (Phi) is 4.43. The lowest BCUT2D eigenvalue weighted by Crippen LogP contribution is -2.31. The lowest BCUT2D eigenvalue weighted by Gasteiger charge is -2.18. The molecule has 22 heavy (non-hydrogen) atoms. The van der Waals surface area contributed by atoms with Gasteiger partial charge in [0.15, 0.2) is 0 Å². The third-order valence-electron chi connectivity index (χ3n) is 4.39. The highest BCUT2D eigenvalue weighted by molar-refractivity contribution is 7.89. The Labute approximate surface area is 132 Å². The number of rotatable bonds is 6. The van der Waals surface area contributed by atoms with Gasteiger partial charge < -0.3 is 9.47 Å². The average molecular weight is 325 g/mol.